The van der Waals surface area contributed by atoms with Gasteiger partial charge in [-0.3, -0.25) is 0 Å². The third-order valence-corrected chi connectivity index (χ3v) is 9.52. The van der Waals surface area contributed by atoms with Crippen LogP contribution in [0.15, 0.2) is 99.3 Å². The highest BCUT2D eigenvalue weighted by Crippen LogP contribution is 2.20. The van der Waals surface area contributed by atoms with E-state index < -0.39 is 28.3 Å². The van der Waals surface area contributed by atoms with E-state index in [1.54, 1.807) is 30.5 Å². The molecule has 0 radical (unpaired) electrons. The van der Waals surface area contributed by atoms with Crippen LogP contribution in [-0.2, 0) is 32.2 Å². The van der Waals surface area contributed by atoms with Gasteiger partial charge in [-0.05, 0) is 79.0 Å². The van der Waals surface area contributed by atoms with Crippen molar-refractivity contribution in [3.05, 3.63) is 96.4 Å². The molecular weight excluding hydrogens is 887 g/mol. The van der Waals surface area contributed by atoms with Gasteiger partial charge in [0.15, 0.2) is 11.5 Å². The van der Waals surface area contributed by atoms with Crippen molar-refractivity contribution in [1.82, 2.24) is 49.1 Å². The van der Waals surface area contributed by atoms with Crippen LogP contribution in [0.2, 0.25) is 0 Å². The molecule has 0 aliphatic heterocycles. The Balaban J connectivity index is 0.000000176. The van der Waals surface area contributed by atoms with Crippen molar-refractivity contribution in [2.45, 2.75) is 18.0 Å². The van der Waals surface area contributed by atoms with E-state index in [4.69, 9.17) is 45.0 Å². The minimum atomic E-state index is -3.57. The number of aromatic nitrogens is 10. The van der Waals surface area contributed by atoms with Gasteiger partial charge >= 0.3 is 0 Å². The maximum atomic E-state index is 11.9. The summed E-state index contributed by atoms with van der Waals surface area (Å²) in [6, 6.07) is 22.4. The van der Waals surface area contributed by atoms with Crippen LogP contribution < -0.4 is 32.0 Å². The lowest BCUT2D eigenvalue weighted by Gasteiger charge is -2.08. The number of halogens is 2. The number of benzene rings is 2. The number of nitrogens with two attached hydrogens (primary N) is 3. The van der Waals surface area contributed by atoms with Crippen molar-refractivity contribution in [3.8, 4) is 34.7 Å². The molecule has 0 bridgehead atoms. The number of sulfone groups is 1. The van der Waals surface area contributed by atoms with Crippen LogP contribution in [0.5, 0.6) is 11.5 Å². The van der Waals surface area contributed by atoms with E-state index in [1.807, 2.05) is 48.5 Å². The number of rotatable bonds is 21. The van der Waals surface area contributed by atoms with Crippen LogP contribution in [-0.4, -0.2) is 130 Å². The Bertz CT molecular complexity index is 2800. The summed E-state index contributed by atoms with van der Waals surface area (Å²) < 4.78 is 80.3. The van der Waals surface area contributed by atoms with E-state index in [9.17, 15) is 17.2 Å². The molecular formula is C41H48F2N14O8S. The molecule has 0 saturated carbocycles. The highest BCUT2D eigenvalue weighted by atomic mass is 32.2. The fourth-order valence-electron chi connectivity index (χ4n) is 5.60. The van der Waals surface area contributed by atoms with Crippen LogP contribution in [0.4, 0.5) is 26.6 Å². The summed E-state index contributed by atoms with van der Waals surface area (Å²) in [6.07, 6.45) is 5.63. The first-order valence-electron chi connectivity index (χ1n) is 20.3. The second-order valence-electron chi connectivity index (χ2n) is 13.6. The number of furan rings is 2. The Morgan fingerprint density at radius 3 is 1.61 bits per heavy atom. The highest BCUT2D eigenvalue weighted by molar-refractivity contribution is 7.90. The van der Waals surface area contributed by atoms with Gasteiger partial charge in [-0.2, -0.15) is 38.9 Å². The lowest BCUT2D eigenvalue weighted by atomic mass is 10.1. The molecule has 0 aliphatic carbocycles. The Morgan fingerprint density at radius 2 is 1.14 bits per heavy atom. The molecule has 7 N–H and O–H groups in total. The molecule has 2 aromatic carbocycles. The molecule has 350 valence electrons. The summed E-state index contributed by atoms with van der Waals surface area (Å²) in [5.74, 6) is 3.92. The normalized spacial score (nSPS) is 11.2. The Morgan fingerprint density at radius 1 is 0.636 bits per heavy atom. The molecule has 8 aromatic rings. The molecule has 0 spiro atoms. The maximum absolute atomic E-state index is 11.9. The van der Waals surface area contributed by atoms with Gasteiger partial charge in [0.2, 0.25) is 39.3 Å². The number of nitrogens with one attached hydrogen (secondary N) is 1. The first-order valence-corrected chi connectivity index (χ1v) is 22.2. The molecule has 6 heterocycles. The molecule has 6 aromatic heterocycles. The van der Waals surface area contributed by atoms with Gasteiger partial charge in [-0.25, -0.2) is 17.2 Å². The van der Waals surface area contributed by atoms with Gasteiger partial charge in [-0.15, -0.1) is 10.2 Å². The first-order chi connectivity index (χ1) is 32.0. The van der Waals surface area contributed by atoms with Gasteiger partial charge in [0.05, 0.1) is 39.0 Å². The van der Waals surface area contributed by atoms with Crippen molar-refractivity contribution in [2.24, 2.45) is 5.73 Å². The van der Waals surface area contributed by atoms with E-state index in [-0.39, 0.29) is 36.7 Å². The molecule has 22 nitrogen and oxygen atoms in total. The third-order valence-electron chi connectivity index (χ3n) is 8.67. The molecule has 0 aliphatic rings. The van der Waals surface area contributed by atoms with Gasteiger partial charge < -0.3 is 50.3 Å². The van der Waals surface area contributed by atoms with Crippen molar-refractivity contribution >= 4 is 39.2 Å². The van der Waals surface area contributed by atoms with E-state index >= 15 is 0 Å². The molecule has 0 fully saturated rings. The number of hydrogen-bond donors (Lipinski definition) is 4. The molecule has 0 unspecified atom stereocenters. The van der Waals surface area contributed by atoms with E-state index in [0.717, 1.165) is 40.7 Å². The predicted molar refractivity (Wildman–Crippen MR) is 237 cm³/mol. The zero-order valence-corrected chi connectivity index (χ0v) is 36.5. The zero-order chi connectivity index (χ0) is 46.7. The fraction of sp³-hybridized carbons (Fsp3) is 0.317. The highest BCUT2D eigenvalue weighted by Gasteiger charge is 2.19. The van der Waals surface area contributed by atoms with Crippen LogP contribution in [0.1, 0.15) is 11.1 Å². The lowest BCUT2D eigenvalue weighted by Crippen LogP contribution is -2.12. The number of nitrogen functional groups attached to an aromatic ring is 2. The molecule has 66 heavy (non-hydrogen) atoms. The quantitative estimate of drug-likeness (QED) is 0.0747. The van der Waals surface area contributed by atoms with E-state index in [2.05, 4.69) is 45.4 Å². The third kappa shape index (κ3) is 14.1. The Hall–Kier alpha value is -7.35. The zero-order valence-electron chi connectivity index (χ0n) is 35.7. The second kappa shape index (κ2) is 24.1. The summed E-state index contributed by atoms with van der Waals surface area (Å²) in [7, 11) is -3.57. The van der Waals surface area contributed by atoms with Crippen molar-refractivity contribution in [3.63, 3.8) is 0 Å². The standard InChI is InChI=1S/C20H22FN7O3.C12H18FNO2.C9H8N6O3S/c21-8-11-29-12-13-30-15-5-3-14(4-6-15)7-9-23-19-25-18(22)28-20(26-19)24-17(27-28)16-2-1-10-31-16;13-6-8-15-9-10-16-12-3-1-11(2-4-12)5-7-14;1-19(16,17)9-12-7(10)15-8(13-9)11-6(14-15)5-3-2-4-18-5/h1-6,10H,7-9,11-13H2,(H3,22,23,24,25,26,27);1-4H,5-10,14H2;2-4H,1H3,(H2,10,11,12,13,14). The van der Waals surface area contributed by atoms with E-state index in [1.165, 1.54) is 16.3 Å². The average molecular weight is 935 g/mol. The fourth-order valence-corrected chi connectivity index (χ4v) is 6.10. The first kappa shape index (κ1) is 48.1. The average Bonchev–Trinajstić information content (AvgIpc) is 4.16. The van der Waals surface area contributed by atoms with Crippen molar-refractivity contribution in [2.75, 3.05) is 89.1 Å². The number of fused-ring (bicyclic) bond motifs is 2. The number of ether oxygens (including phenoxy) is 4. The molecule has 25 heteroatoms. The van der Waals surface area contributed by atoms with Gasteiger partial charge in [-0.1, -0.05) is 24.3 Å². The Labute approximate surface area is 376 Å². The topological polar surface area (TPSA) is 299 Å². The SMILES string of the molecule is CS(=O)(=O)c1nc(N)n2nc(-c3ccco3)nc2n1.NCCc1ccc(OCCOCCF)cc1.Nc1nc(NCCc2ccc(OCCOCCF)cc2)nc2nc(-c3ccco3)nn12. The number of nitrogens with zero attached hydrogens (tertiary/aromatic N) is 10. The van der Waals surface area contributed by atoms with E-state index in [0.29, 0.717) is 68.6 Å². The number of hydrogen-bond acceptors (Lipinski definition) is 20. The summed E-state index contributed by atoms with van der Waals surface area (Å²) in [5.41, 5.74) is 19.4. The largest absolute Gasteiger partial charge is 0.491 e. The molecule has 0 atom stereocenters. The minimum Gasteiger partial charge on any atom is -0.491 e. The lowest BCUT2D eigenvalue weighted by molar-refractivity contribution is 0.0897. The minimum absolute atomic E-state index is 0.0410. The monoisotopic (exact) mass is 934 g/mol. The van der Waals surface area contributed by atoms with Crippen LogP contribution >= 0.6 is 0 Å². The molecule has 0 amide bonds. The van der Waals surface area contributed by atoms with Gasteiger partial charge in [0.25, 0.3) is 16.7 Å². The molecule has 0 saturated heterocycles. The van der Waals surface area contributed by atoms with Crippen LogP contribution in [0, 0.1) is 0 Å². The summed E-state index contributed by atoms with van der Waals surface area (Å²) in [6.45, 7) is 2.14. The predicted octanol–water partition coefficient (Wildman–Crippen LogP) is 3.70. The summed E-state index contributed by atoms with van der Waals surface area (Å²) in [5, 5.41) is 11.1. The Kier molecular flexibility index (Phi) is 17.6. The second-order valence-corrected chi connectivity index (χ2v) is 15.5. The van der Waals surface area contributed by atoms with Gasteiger partial charge in [0, 0.05) is 12.8 Å². The van der Waals surface area contributed by atoms with Crippen molar-refractivity contribution in [1.29, 1.82) is 0 Å². The van der Waals surface area contributed by atoms with Gasteiger partial charge in [0.1, 0.15) is 38.1 Å². The maximum Gasteiger partial charge on any atom is 0.259 e. The van der Waals surface area contributed by atoms with Crippen LogP contribution in [0.25, 0.3) is 34.7 Å². The number of anilines is 3. The summed E-state index contributed by atoms with van der Waals surface area (Å²) in [4.78, 5) is 24.5. The smallest absolute Gasteiger partial charge is 0.259 e. The summed E-state index contributed by atoms with van der Waals surface area (Å²) >= 11 is 0. The van der Waals surface area contributed by atoms with Crippen molar-refractivity contribution < 1.29 is 45.0 Å². The number of alkyl halides is 2. The van der Waals surface area contributed by atoms with Crippen LogP contribution in [0.3, 0.4) is 0 Å². The molecule has 8 rings (SSSR count).